The molecule has 2 saturated heterocycles. The van der Waals surface area contributed by atoms with Gasteiger partial charge >= 0.3 is 0 Å². The molecule has 5 aromatic rings. The van der Waals surface area contributed by atoms with E-state index >= 15 is 0 Å². The fourth-order valence-corrected chi connectivity index (χ4v) is 11.8. The van der Waals surface area contributed by atoms with Crippen LogP contribution in [0.4, 0.5) is 5.69 Å². The second kappa shape index (κ2) is 27.4. The molecule has 2 aliphatic carbocycles. The van der Waals surface area contributed by atoms with E-state index in [2.05, 4.69) is 42.5 Å². The Bertz CT molecular complexity index is 3080. The van der Waals surface area contributed by atoms with Crippen molar-refractivity contribution in [2.45, 2.75) is 129 Å². The Kier molecular flexibility index (Phi) is 21.6. The van der Waals surface area contributed by atoms with Crippen LogP contribution >= 0.6 is 37.2 Å². The Morgan fingerprint density at radius 2 is 0.779 bits per heavy atom. The van der Waals surface area contributed by atoms with Gasteiger partial charge in [0.1, 0.15) is 24.2 Å². The SMILES string of the molecule is CN[C@@H](C)C(=O)N[C@H](C(=O)N1C[C@@H](NC(=O)c2cc(N)cc(C(=O)N[C@H]3C[C@@H](C(=O)NC4c5ccccc5-c5ccccc54)N(C(=O)[C@@H](NC(=O)[C@H](C)NC)C(C)(C)C)C3)c2)C[C@H]1C(=O)NC1c2ccccc2-c2ccccc21)C(C)(C)C.Cl.Cl.Cl. The Labute approximate surface area is 521 Å². The number of carbonyl (C=O) groups excluding carboxylic acids is 8. The molecule has 2 fully saturated rings. The van der Waals surface area contributed by atoms with Gasteiger partial charge in [0.25, 0.3) is 11.8 Å². The van der Waals surface area contributed by atoms with Gasteiger partial charge < -0.3 is 58.1 Å². The molecule has 8 amide bonds. The molecule has 19 nitrogen and oxygen atoms in total. The molecule has 0 radical (unpaired) electrons. The molecule has 460 valence electrons. The van der Waals surface area contributed by atoms with Crippen LogP contribution in [0.15, 0.2) is 115 Å². The summed E-state index contributed by atoms with van der Waals surface area (Å²) < 4.78 is 0. The standard InChI is InChI=1S/C64H77N11O8.3ClH/c1-34(66-9)55(76)72-53(63(3,4)5)61(82)74-32-39(30-49(74)59(80)70-51-45-23-15-11-19-41(45)42-20-12-16-24-46(42)51)68-57(78)36-27-37(29-38(65)28-36)58(79)69-40-31-50(75(33-40)62(83)54(64(6,7)8)73-56(77)35(2)67-10)60(81)71-52-47-25-17-13-21-43(47)44-22-14-18-26-48(44)52;;;/h11-29,34-35,39-40,49-54,66-67H,30-33,65H2,1-10H3,(H,68,78)(H,69,79)(H,70,80)(H,71,81)(H,72,76)(H,73,77);3*1H/t34-,35-,39-,40-,49-,50-,53+,54+;;;/m0.../s1. The van der Waals surface area contributed by atoms with Crippen molar-refractivity contribution in [2.75, 3.05) is 32.9 Å². The lowest BCUT2D eigenvalue weighted by molar-refractivity contribution is -0.144. The van der Waals surface area contributed by atoms with Gasteiger partial charge in [-0.1, -0.05) is 139 Å². The van der Waals surface area contributed by atoms with Gasteiger partial charge in [0.05, 0.1) is 24.2 Å². The molecule has 10 N–H and O–H groups in total. The van der Waals surface area contributed by atoms with E-state index in [1.807, 2.05) is 139 Å². The summed E-state index contributed by atoms with van der Waals surface area (Å²) in [5, 5.41) is 24.1. The lowest BCUT2D eigenvalue weighted by Gasteiger charge is -2.36. The van der Waals surface area contributed by atoms with Gasteiger partial charge in [-0.2, -0.15) is 0 Å². The highest BCUT2D eigenvalue weighted by molar-refractivity contribution is 6.02. The van der Waals surface area contributed by atoms with Crippen LogP contribution in [-0.4, -0.2) is 133 Å². The van der Waals surface area contributed by atoms with E-state index in [4.69, 9.17) is 5.73 Å². The number of nitrogens with one attached hydrogen (secondary N) is 8. The zero-order valence-corrected chi connectivity index (χ0v) is 52.5. The quantitative estimate of drug-likeness (QED) is 0.0519. The summed E-state index contributed by atoms with van der Waals surface area (Å²) >= 11 is 0. The minimum atomic E-state index is -1.07. The number of nitrogens with two attached hydrogens (primary N) is 1. The topological polar surface area (TPSA) is 265 Å². The summed E-state index contributed by atoms with van der Waals surface area (Å²) in [6.45, 7) is 14.2. The molecule has 5 aromatic carbocycles. The molecular weight excluding hydrogens is 1160 g/mol. The van der Waals surface area contributed by atoms with Crippen LogP contribution in [0.3, 0.4) is 0 Å². The highest BCUT2D eigenvalue weighted by Crippen LogP contribution is 2.45. The van der Waals surface area contributed by atoms with Crippen LogP contribution < -0.4 is 48.3 Å². The number of nitrogens with zero attached hydrogens (tertiary/aromatic N) is 2. The first-order chi connectivity index (χ1) is 39.4. The Morgan fingerprint density at radius 1 is 0.477 bits per heavy atom. The molecule has 9 rings (SSSR count). The van der Waals surface area contributed by atoms with Crippen LogP contribution in [0, 0.1) is 10.8 Å². The second-order valence-electron chi connectivity index (χ2n) is 24.5. The zero-order chi connectivity index (χ0) is 59.8. The third-order valence-electron chi connectivity index (χ3n) is 16.6. The number of halogens is 3. The zero-order valence-electron chi connectivity index (χ0n) is 50.0. The fraction of sp³-hybridized carbons (Fsp3) is 0.406. The minimum absolute atomic E-state index is 0. The molecule has 0 spiro atoms. The second-order valence-corrected chi connectivity index (χ2v) is 24.5. The van der Waals surface area contributed by atoms with Crippen molar-refractivity contribution in [2.24, 2.45) is 10.8 Å². The minimum Gasteiger partial charge on any atom is -0.399 e. The number of nitrogen functional groups attached to an aromatic ring is 1. The summed E-state index contributed by atoms with van der Waals surface area (Å²) in [6.07, 6.45) is 0.0405. The molecule has 8 atom stereocenters. The first-order valence-corrected chi connectivity index (χ1v) is 28.4. The van der Waals surface area contributed by atoms with Crippen molar-refractivity contribution in [1.82, 2.24) is 52.3 Å². The van der Waals surface area contributed by atoms with Crippen molar-refractivity contribution in [3.8, 4) is 22.3 Å². The Hall–Kier alpha value is -7.55. The van der Waals surface area contributed by atoms with Crippen molar-refractivity contribution >= 4 is 90.2 Å². The van der Waals surface area contributed by atoms with Crippen molar-refractivity contribution < 1.29 is 38.4 Å². The first-order valence-electron chi connectivity index (χ1n) is 28.4. The maximum Gasteiger partial charge on any atom is 0.251 e. The molecule has 0 unspecified atom stereocenters. The van der Waals surface area contributed by atoms with E-state index in [0.717, 1.165) is 44.5 Å². The average Bonchev–Trinajstić information content (AvgIpc) is 1.84. The number of likely N-dealkylation sites (N-methyl/N-ethyl adjacent to an activating group) is 2. The van der Waals surface area contributed by atoms with Crippen LogP contribution in [-0.2, 0) is 28.8 Å². The Balaban J connectivity index is 0.00000394. The average molecular weight is 1240 g/mol. The van der Waals surface area contributed by atoms with Crippen LogP contribution in [0.25, 0.3) is 22.3 Å². The number of anilines is 1. The first kappa shape index (κ1) is 67.6. The van der Waals surface area contributed by atoms with Gasteiger partial charge in [0.15, 0.2) is 0 Å². The fourth-order valence-electron chi connectivity index (χ4n) is 11.8. The van der Waals surface area contributed by atoms with Crippen LogP contribution in [0.1, 0.15) is 123 Å². The summed E-state index contributed by atoms with van der Waals surface area (Å²) in [5.74, 6) is -3.93. The smallest absolute Gasteiger partial charge is 0.251 e. The molecule has 4 aliphatic rings. The number of carbonyl (C=O) groups is 8. The maximum atomic E-state index is 14.9. The highest BCUT2D eigenvalue weighted by Gasteiger charge is 2.49. The van der Waals surface area contributed by atoms with Gasteiger partial charge in [0, 0.05) is 42.0 Å². The maximum absolute atomic E-state index is 14.9. The lowest BCUT2D eigenvalue weighted by atomic mass is 9.85. The highest BCUT2D eigenvalue weighted by atomic mass is 35.5. The number of rotatable bonds is 16. The molecule has 86 heavy (non-hydrogen) atoms. The Morgan fingerprint density at radius 3 is 1.07 bits per heavy atom. The third kappa shape index (κ3) is 14.0. The van der Waals surface area contributed by atoms with Crippen LogP contribution in [0.5, 0.6) is 0 Å². The molecule has 2 aliphatic heterocycles. The summed E-state index contributed by atoms with van der Waals surface area (Å²) in [6, 6.07) is 27.4. The van der Waals surface area contributed by atoms with Crippen molar-refractivity contribution in [1.29, 1.82) is 0 Å². The van der Waals surface area contributed by atoms with E-state index in [0.29, 0.717) is 0 Å². The van der Waals surface area contributed by atoms with E-state index in [9.17, 15) is 38.4 Å². The number of hydrogen-bond donors (Lipinski definition) is 9. The monoisotopic (exact) mass is 1240 g/mol. The van der Waals surface area contributed by atoms with E-state index < -0.39 is 119 Å². The van der Waals surface area contributed by atoms with Crippen LogP contribution in [0.2, 0.25) is 0 Å². The van der Waals surface area contributed by atoms with Gasteiger partial charge in [0.2, 0.25) is 35.4 Å². The van der Waals surface area contributed by atoms with E-state index in [-0.39, 0.29) is 80.0 Å². The molecular formula is C64H80Cl3N11O8. The lowest BCUT2D eigenvalue weighted by Crippen LogP contribution is -2.59. The van der Waals surface area contributed by atoms with Gasteiger partial charge in [-0.15, -0.1) is 37.2 Å². The van der Waals surface area contributed by atoms with Gasteiger partial charge in [-0.05, 0) is 114 Å². The molecule has 0 aromatic heterocycles. The number of benzene rings is 5. The van der Waals surface area contributed by atoms with E-state index in [1.165, 1.54) is 28.0 Å². The molecule has 0 saturated carbocycles. The number of hydrogen-bond acceptors (Lipinski definition) is 11. The normalized spacial score (nSPS) is 19.0. The molecule has 2 heterocycles. The van der Waals surface area contributed by atoms with Crippen molar-refractivity contribution in [3.63, 3.8) is 0 Å². The van der Waals surface area contributed by atoms with Gasteiger partial charge in [-0.25, -0.2) is 0 Å². The predicted octanol–water partition coefficient (Wildman–Crippen LogP) is 5.98. The predicted molar refractivity (Wildman–Crippen MR) is 339 cm³/mol. The molecule has 0 bridgehead atoms. The molecule has 22 heteroatoms. The number of fused-ring (bicyclic) bond motifs is 6. The van der Waals surface area contributed by atoms with E-state index in [1.54, 1.807) is 27.9 Å². The van der Waals surface area contributed by atoms with Gasteiger partial charge in [-0.3, -0.25) is 38.4 Å². The summed E-state index contributed by atoms with van der Waals surface area (Å²) in [5.41, 5.74) is 12.5. The summed E-state index contributed by atoms with van der Waals surface area (Å²) in [4.78, 5) is 118. The number of likely N-dealkylation sites (tertiary alicyclic amines) is 2. The third-order valence-corrected chi connectivity index (χ3v) is 16.6. The summed E-state index contributed by atoms with van der Waals surface area (Å²) in [7, 11) is 3.28. The van der Waals surface area contributed by atoms with Crippen molar-refractivity contribution in [3.05, 3.63) is 149 Å². The largest absolute Gasteiger partial charge is 0.399 e. The number of amides is 8.